The summed E-state index contributed by atoms with van der Waals surface area (Å²) >= 11 is 0. The van der Waals surface area contributed by atoms with Gasteiger partial charge in [-0.3, -0.25) is 9.59 Å². The summed E-state index contributed by atoms with van der Waals surface area (Å²) in [6.45, 7) is 3.93. The van der Waals surface area contributed by atoms with E-state index in [4.69, 9.17) is 5.11 Å². The van der Waals surface area contributed by atoms with Gasteiger partial charge in [-0.05, 0) is 12.8 Å². The normalized spacial score (nSPS) is 30.8. The van der Waals surface area contributed by atoms with Gasteiger partial charge in [-0.1, -0.05) is 33.1 Å². The van der Waals surface area contributed by atoms with Crippen LogP contribution in [0.2, 0.25) is 0 Å². The lowest BCUT2D eigenvalue weighted by Gasteiger charge is -2.27. The monoisotopic (exact) mass is 212 g/mol. The molecule has 0 aromatic rings. The number of hydrogen-bond acceptors (Lipinski definition) is 2. The van der Waals surface area contributed by atoms with Gasteiger partial charge in [0.15, 0.2) is 0 Å². The minimum Gasteiger partial charge on any atom is -0.481 e. The van der Waals surface area contributed by atoms with Crippen LogP contribution < -0.4 is 0 Å². The van der Waals surface area contributed by atoms with Crippen molar-refractivity contribution in [3.05, 3.63) is 0 Å². The number of unbranched alkanes of at least 4 members (excludes halogenated alkanes) is 2. The van der Waals surface area contributed by atoms with E-state index in [1.807, 2.05) is 6.92 Å². The molecule has 1 aliphatic rings. The molecule has 0 spiro atoms. The van der Waals surface area contributed by atoms with E-state index >= 15 is 0 Å². The first-order chi connectivity index (χ1) is 7.02. The topological polar surface area (TPSA) is 54.4 Å². The minimum atomic E-state index is -0.806. The second-order valence-corrected chi connectivity index (χ2v) is 4.73. The van der Waals surface area contributed by atoms with Gasteiger partial charge in [-0.15, -0.1) is 0 Å². The van der Waals surface area contributed by atoms with E-state index in [1.165, 1.54) is 0 Å². The van der Waals surface area contributed by atoms with Gasteiger partial charge < -0.3 is 5.11 Å². The van der Waals surface area contributed by atoms with Crippen LogP contribution in [0, 0.1) is 11.3 Å². The zero-order valence-electron chi connectivity index (χ0n) is 9.58. The Morgan fingerprint density at radius 3 is 2.73 bits per heavy atom. The standard InChI is InChI=1S/C12H20O3/c1-3-4-5-8-12(2)9(11(14)15)6-7-10(12)13/h9H,3-8H2,1-2H3,(H,14,15). The Hall–Kier alpha value is -0.860. The van der Waals surface area contributed by atoms with Crippen LogP contribution in [0.4, 0.5) is 0 Å². The molecule has 3 nitrogen and oxygen atoms in total. The molecule has 15 heavy (non-hydrogen) atoms. The Balaban J connectivity index is 2.67. The first-order valence-corrected chi connectivity index (χ1v) is 5.78. The first-order valence-electron chi connectivity index (χ1n) is 5.78. The van der Waals surface area contributed by atoms with E-state index in [0.717, 1.165) is 25.7 Å². The Labute approximate surface area is 90.9 Å². The number of rotatable bonds is 5. The fraction of sp³-hybridized carbons (Fsp3) is 0.833. The lowest BCUT2D eigenvalue weighted by molar-refractivity contribution is -0.148. The third-order valence-corrected chi connectivity index (χ3v) is 3.66. The quantitative estimate of drug-likeness (QED) is 0.713. The van der Waals surface area contributed by atoms with E-state index < -0.39 is 17.3 Å². The van der Waals surface area contributed by atoms with Gasteiger partial charge in [0.05, 0.1) is 5.92 Å². The maximum atomic E-state index is 11.7. The van der Waals surface area contributed by atoms with Crippen molar-refractivity contribution in [1.82, 2.24) is 0 Å². The van der Waals surface area contributed by atoms with Crippen molar-refractivity contribution >= 4 is 11.8 Å². The Kier molecular flexibility index (Phi) is 3.89. The Bertz CT molecular complexity index is 260. The van der Waals surface area contributed by atoms with E-state index in [-0.39, 0.29) is 5.78 Å². The van der Waals surface area contributed by atoms with Crippen LogP contribution in [-0.2, 0) is 9.59 Å². The highest BCUT2D eigenvalue weighted by atomic mass is 16.4. The number of carboxylic acids is 1. The number of hydrogen-bond donors (Lipinski definition) is 1. The van der Waals surface area contributed by atoms with Crippen LogP contribution in [0.1, 0.15) is 52.4 Å². The van der Waals surface area contributed by atoms with Crippen molar-refractivity contribution in [2.45, 2.75) is 52.4 Å². The molecular formula is C12H20O3. The average molecular weight is 212 g/mol. The van der Waals surface area contributed by atoms with Gasteiger partial charge >= 0.3 is 5.97 Å². The molecule has 0 bridgehead atoms. The van der Waals surface area contributed by atoms with Crippen molar-refractivity contribution in [2.24, 2.45) is 11.3 Å². The molecule has 1 rings (SSSR count). The summed E-state index contributed by atoms with van der Waals surface area (Å²) in [6.07, 6.45) is 4.84. The SMILES string of the molecule is CCCCCC1(C)C(=O)CCC1C(=O)O. The molecule has 0 aromatic carbocycles. The summed E-state index contributed by atoms with van der Waals surface area (Å²) in [5.41, 5.74) is -0.596. The van der Waals surface area contributed by atoms with Crippen LogP contribution >= 0.6 is 0 Å². The minimum absolute atomic E-state index is 0.144. The molecule has 0 saturated heterocycles. The molecule has 2 unspecified atom stereocenters. The average Bonchev–Trinajstić information content (AvgIpc) is 2.44. The highest BCUT2D eigenvalue weighted by Crippen LogP contribution is 2.44. The van der Waals surface area contributed by atoms with Gasteiger partial charge in [-0.2, -0.15) is 0 Å². The smallest absolute Gasteiger partial charge is 0.307 e. The zero-order valence-corrected chi connectivity index (χ0v) is 9.58. The van der Waals surface area contributed by atoms with Crippen molar-refractivity contribution in [1.29, 1.82) is 0 Å². The summed E-state index contributed by atoms with van der Waals surface area (Å²) in [4.78, 5) is 22.8. The summed E-state index contributed by atoms with van der Waals surface area (Å²) in [6, 6.07) is 0. The lowest BCUT2D eigenvalue weighted by Crippen LogP contribution is -2.33. The number of aliphatic carboxylic acids is 1. The van der Waals surface area contributed by atoms with Crippen molar-refractivity contribution < 1.29 is 14.7 Å². The van der Waals surface area contributed by atoms with Gasteiger partial charge in [0.25, 0.3) is 0 Å². The lowest BCUT2D eigenvalue weighted by atomic mass is 9.75. The van der Waals surface area contributed by atoms with Crippen LogP contribution in [0.25, 0.3) is 0 Å². The molecule has 0 heterocycles. The summed E-state index contributed by atoms with van der Waals surface area (Å²) in [7, 11) is 0. The maximum absolute atomic E-state index is 11.7. The number of Topliss-reactive ketones (excluding diaryl/α,β-unsaturated/α-hetero) is 1. The van der Waals surface area contributed by atoms with Gasteiger partial charge in [0.1, 0.15) is 5.78 Å². The molecule has 0 amide bonds. The van der Waals surface area contributed by atoms with Crippen LogP contribution in [0.5, 0.6) is 0 Å². The number of carbonyl (C=O) groups excluding carboxylic acids is 1. The highest BCUT2D eigenvalue weighted by Gasteiger charge is 2.48. The molecule has 1 saturated carbocycles. The fourth-order valence-electron chi connectivity index (χ4n) is 2.53. The van der Waals surface area contributed by atoms with Crippen molar-refractivity contribution in [3.63, 3.8) is 0 Å². The fourth-order valence-corrected chi connectivity index (χ4v) is 2.53. The summed E-state index contributed by atoms with van der Waals surface area (Å²) < 4.78 is 0. The molecule has 0 radical (unpaired) electrons. The van der Waals surface area contributed by atoms with Crippen molar-refractivity contribution in [3.8, 4) is 0 Å². The van der Waals surface area contributed by atoms with E-state index in [2.05, 4.69) is 6.92 Å². The number of carboxylic acid groups (broad SMARTS) is 1. The molecule has 86 valence electrons. The second-order valence-electron chi connectivity index (χ2n) is 4.73. The molecule has 2 atom stereocenters. The van der Waals surface area contributed by atoms with Gasteiger partial charge in [-0.25, -0.2) is 0 Å². The van der Waals surface area contributed by atoms with E-state index in [9.17, 15) is 9.59 Å². The molecule has 0 aliphatic heterocycles. The van der Waals surface area contributed by atoms with E-state index in [1.54, 1.807) is 0 Å². The van der Waals surface area contributed by atoms with E-state index in [0.29, 0.717) is 12.8 Å². The predicted molar refractivity (Wildman–Crippen MR) is 57.6 cm³/mol. The van der Waals surface area contributed by atoms with Gasteiger partial charge in [0.2, 0.25) is 0 Å². The molecular weight excluding hydrogens is 192 g/mol. The summed E-state index contributed by atoms with van der Waals surface area (Å²) in [5.74, 6) is -1.12. The molecule has 1 aliphatic carbocycles. The Morgan fingerprint density at radius 1 is 1.53 bits per heavy atom. The first kappa shape index (κ1) is 12.2. The van der Waals surface area contributed by atoms with Crippen LogP contribution in [0.3, 0.4) is 0 Å². The predicted octanol–water partition coefficient (Wildman–Crippen LogP) is 2.64. The number of ketones is 1. The van der Waals surface area contributed by atoms with Gasteiger partial charge in [0, 0.05) is 11.8 Å². The summed E-state index contributed by atoms with van der Waals surface area (Å²) in [5, 5.41) is 9.07. The van der Waals surface area contributed by atoms with Crippen LogP contribution in [0.15, 0.2) is 0 Å². The van der Waals surface area contributed by atoms with Crippen LogP contribution in [-0.4, -0.2) is 16.9 Å². The molecule has 1 fully saturated rings. The largest absolute Gasteiger partial charge is 0.481 e. The zero-order chi connectivity index (χ0) is 11.5. The maximum Gasteiger partial charge on any atom is 0.307 e. The Morgan fingerprint density at radius 2 is 2.20 bits per heavy atom. The molecule has 3 heteroatoms. The van der Waals surface area contributed by atoms with Crippen molar-refractivity contribution in [2.75, 3.05) is 0 Å². The number of carbonyl (C=O) groups is 2. The molecule has 1 N–H and O–H groups in total. The second kappa shape index (κ2) is 4.77. The third-order valence-electron chi connectivity index (χ3n) is 3.66. The molecule has 0 aromatic heterocycles. The highest BCUT2D eigenvalue weighted by molar-refractivity contribution is 5.92. The third kappa shape index (κ3) is 2.39.